The van der Waals surface area contributed by atoms with Crippen LogP contribution in [0.15, 0.2) is 34.1 Å². The summed E-state index contributed by atoms with van der Waals surface area (Å²) >= 11 is 1.76. The van der Waals surface area contributed by atoms with E-state index in [-0.39, 0.29) is 0 Å². The molecule has 0 heterocycles. The van der Waals surface area contributed by atoms with Crippen molar-refractivity contribution in [2.45, 2.75) is 127 Å². The summed E-state index contributed by atoms with van der Waals surface area (Å²) in [5.74, 6) is 0.855. The Morgan fingerprint density at radius 2 is 0.909 bits per heavy atom. The lowest BCUT2D eigenvalue weighted by Gasteiger charge is -2.14. The number of aromatic hydroxyl groups is 2. The van der Waals surface area contributed by atoms with Crippen molar-refractivity contribution in [3.63, 3.8) is 0 Å². The van der Waals surface area contributed by atoms with Crippen molar-refractivity contribution in [2.24, 2.45) is 0 Å². The highest BCUT2D eigenvalue weighted by atomic mass is 32.2. The number of phenolic OH excluding ortho intramolecular Hbond substituents is 2. The summed E-state index contributed by atoms with van der Waals surface area (Å²) in [5, 5.41) is 21.0. The number of unbranched alkanes of at least 4 members (excludes halogenated alkanes) is 10. The maximum Gasteiger partial charge on any atom is 0.119 e. The van der Waals surface area contributed by atoms with Crippen molar-refractivity contribution in [1.82, 2.24) is 0 Å². The van der Waals surface area contributed by atoms with Crippen molar-refractivity contribution in [3.05, 3.63) is 46.5 Å². The fraction of sp³-hybridized carbons (Fsp3) is 0.600. The molecule has 0 saturated heterocycles. The summed E-state index contributed by atoms with van der Waals surface area (Å²) in [7, 11) is 0. The highest BCUT2D eigenvalue weighted by Gasteiger charge is 2.12. The maximum atomic E-state index is 10.5. The number of hydrogen-bond donors (Lipinski definition) is 2. The molecule has 0 aliphatic heterocycles. The Bertz CT molecular complexity index is 774. The summed E-state index contributed by atoms with van der Waals surface area (Å²) < 4.78 is 0. The van der Waals surface area contributed by atoms with Crippen molar-refractivity contribution in [2.75, 3.05) is 0 Å². The van der Waals surface area contributed by atoms with Gasteiger partial charge in [0.1, 0.15) is 11.5 Å². The van der Waals surface area contributed by atoms with Gasteiger partial charge in [0, 0.05) is 9.79 Å². The molecule has 0 amide bonds. The molecule has 0 aliphatic rings. The summed E-state index contributed by atoms with van der Waals surface area (Å²) in [6.45, 7) is 8.64. The van der Waals surface area contributed by atoms with E-state index in [9.17, 15) is 10.2 Å². The Morgan fingerprint density at radius 1 is 0.545 bits per heavy atom. The number of hydrogen-bond acceptors (Lipinski definition) is 3. The fourth-order valence-electron chi connectivity index (χ4n) is 4.36. The van der Waals surface area contributed by atoms with E-state index in [0.717, 1.165) is 47.9 Å². The van der Waals surface area contributed by atoms with E-state index in [1.807, 2.05) is 12.1 Å². The van der Waals surface area contributed by atoms with Crippen molar-refractivity contribution >= 4 is 11.8 Å². The first-order valence-corrected chi connectivity index (χ1v) is 14.1. The second-order valence-corrected chi connectivity index (χ2v) is 10.7. The number of phenols is 2. The van der Waals surface area contributed by atoms with E-state index in [0.29, 0.717) is 11.5 Å². The van der Waals surface area contributed by atoms with Gasteiger partial charge in [-0.25, -0.2) is 0 Å². The zero-order valence-corrected chi connectivity index (χ0v) is 22.3. The van der Waals surface area contributed by atoms with E-state index in [4.69, 9.17) is 0 Å². The molecule has 0 aromatic heterocycles. The van der Waals surface area contributed by atoms with Crippen LogP contribution in [0.25, 0.3) is 0 Å². The molecule has 0 atom stereocenters. The van der Waals surface area contributed by atoms with Gasteiger partial charge in [-0.3, -0.25) is 0 Å². The van der Waals surface area contributed by atoms with Gasteiger partial charge >= 0.3 is 0 Å². The van der Waals surface area contributed by atoms with Crippen LogP contribution in [0.4, 0.5) is 0 Å². The third-order valence-electron chi connectivity index (χ3n) is 6.57. The van der Waals surface area contributed by atoms with Gasteiger partial charge in [0.05, 0.1) is 0 Å². The number of benzene rings is 2. The Balaban J connectivity index is 2.03. The van der Waals surface area contributed by atoms with E-state index >= 15 is 0 Å². The molecule has 3 heteroatoms. The third-order valence-corrected chi connectivity index (χ3v) is 7.89. The lowest BCUT2D eigenvalue weighted by molar-refractivity contribution is 0.464. The molecule has 184 valence electrons. The minimum atomic E-state index is 0.427. The molecule has 0 aliphatic carbocycles. The molecule has 2 rings (SSSR count). The quantitative estimate of drug-likeness (QED) is 0.240. The minimum absolute atomic E-state index is 0.427. The average molecular weight is 471 g/mol. The van der Waals surface area contributed by atoms with Gasteiger partial charge in [0.15, 0.2) is 0 Å². The number of aryl methyl sites for hydroxylation is 4. The largest absolute Gasteiger partial charge is 0.508 e. The van der Waals surface area contributed by atoms with Gasteiger partial charge in [-0.1, -0.05) is 89.8 Å². The summed E-state index contributed by atoms with van der Waals surface area (Å²) in [6, 6.07) is 8.20. The summed E-state index contributed by atoms with van der Waals surface area (Å²) in [4.78, 5) is 2.40. The fourth-order valence-corrected chi connectivity index (χ4v) is 5.44. The van der Waals surface area contributed by atoms with Crippen LogP contribution in [0.1, 0.15) is 113 Å². The van der Waals surface area contributed by atoms with Crippen molar-refractivity contribution in [1.29, 1.82) is 0 Å². The predicted molar refractivity (Wildman–Crippen MR) is 144 cm³/mol. The lowest BCUT2D eigenvalue weighted by Crippen LogP contribution is -1.93. The molecular weight excluding hydrogens is 424 g/mol. The van der Waals surface area contributed by atoms with E-state index in [1.54, 1.807) is 11.8 Å². The smallest absolute Gasteiger partial charge is 0.119 e. The molecule has 0 saturated carbocycles. The van der Waals surface area contributed by atoms with E-state index < -0.39 is 0 Å². The van der Waals surface area contributed by atoms with E-state index in [2.05, 4.69) is 39.8 Å². The molecule has 2 aromatic rings. The van der Waals surface area contributed by atoms with Gasteiger partial charge in [0.2, 0.25) is 0 Å². The average Bonchev–Trinajstić information content (AvgIpc) is 2.78. The molecule has 0 radical (unpaired) electrons. The van der Waals surface area contributed by atoms with Gasteiger partial charge in [-0.05, 0) is 86.1 Å². The standard InChI is InChI=1S/C30H46O2S/c1-5-7-9-11-13-15-17-25-21-29(23(3)19-27(25)31)33-30-22-26(28(32)20-24(30)4)18-16-14-12-10-8-6-2/h19-22,31-32H,5-18H2,1-4H3. The molecule has 0 unspecified atom stereocenters. The van der Waals surface area contributed by atoms with Crippen LogP contribution in [0.2, 0.25) is 0 Å². The summed E-state index contributed by atoms with van der Waals surface area (Å²) in [6.07, 6.45) is 17.0. The SMILES string of the molecule is CCCCCCCCc1cc(Sc2cc(CCCCCCCC)c(O)cc2C)c(C)cc1O. The molecule has 0 bridgehead atoms. The van der Waals surface area contributed by atoms with Crippen molar-refractivity contribution in [3.8, 4) is 11.5 Å². The van der Waals surface area contributed by atoms with Crippen molar-refractivity contribution < 1.29 is 10.2 Å². The lowest BCUT2D eigenvalue weighted by atomic mass is 10.0. The molecule has 2 N–H and O–H groups in total. The zero-order chi connectivity index (χ0) is 24.1. The molecule has 33 heavy (non-hydrogen) atoms. The van der Waals surface area contributed by atoms with Crippen LogP contribution in [0.3, 0.4) is 0 Å². The molecule has 2 aromatic carbocycles. The first kappa shape index (κ1) is 27.6. The second-order valence-electron chi connectivity index (χ2n) is 9.63. The Morgan fingerprint density at radius 3 is 1.30 bits per heavy atom. The van der Waals surface area contributed by atoms with Gasteiger partial charge in [-0.2, -0.15) is 0 Å². The molecule has 0 fully saturated rings. The van der Waals surface area contributed by atoms with Gasteiger partial charge in [-0.15, -0.1) is 0 Å². The minimum Gasteiger partial charge on any atom is -0.508 e. The van der Waals surface area contributed by atoms with Gasteiger partial charge in [0.25, 0.3) is 0 Å². The van der Waals surface area contributed by atoms with Crippen LogP contribution < -0.4 is 0 Å². The highest BCUT2D eigenvalue weighted by Crippen LogP contribution is 2.38. The molecule has 0 spiro atoms. The molecule has 2 nitrogen and oxygen atoms in total. The topological polar surface area (TPSA) is 40.5 Å². The van der Waals surface area contributed by atoms with Crippen LogP contribution in [0, 0.1) is 13.8 Å². The monoisotopic (exact) mass is 470 g/mol. The normalized spacial score (nSPS) is 11.3. The zero-order valence-electron chi connectivity index (χ0n) is 21.5. The Kier molecular flexibility index (Phi) is 12.8. The van der Waals surface area contributed by atoms with Gasteiger partial charge < -0.3 is 10.2 Å². The first-order valence-electron chi connectivity index (χ1n) is 13.3. The van der Waals surface area contributed by atoms with Crippen LogP contribution in [-0.4, -0.2) is 10.2 Å². The first-order chi connectivity index (χ1) is 16.0. The van der Waals surface area contributed by atoms with Crippen LogP contribution in [0.5, 0.6) is 11.5 Å². The predicted octanol–water partition coefficient (Wildman–Crippen LogP) is 9.67. The summed E-state index contributed by atoms with van der Waals surface area (Å²) in [5.41, 5.74) is 4.33. The molecular formula is C30H46O2S. The van der Waals surface area contributed by atoms with Crippen LogP contribution >= 0.6 is 11.8 Å². The Labute approximate surface area is 207 Å². The number of rotatable bonds is 16. The third kappa shape index (κ3) is 9.65. The van der Waals surface area contributed by atoms with E-state index in [1.165, 1.54) is 74.0 Å². The van der Waals surface area contributed by atoms with Crippen LogP contribution in [-0.2, 0) is 12.8 Å². The second kappa shape index (κ2) is 15.3. The maximum absolute atomic E-state index is 10.5. The Hall–Kier alpha value is -1.61. The highest BCUT2D eigenvalue weighted by molar-refractivity contribution is 7.99.